The first-order valence-electron chi connectivity index (χ1n) is 10.6. The number of piperidine rings is 3. The Morgan fingerprint density at radius 3 is 2.57 bits per heavy atom. The van der Waals surface area contributed by atoms with Crippen LogP contribution in [0.3, 0.4) is 0 Å². The first-order valence-corrected chi connectivity index (χ1v) is 10.6. The number of likely N-dealkylation sites (tertiary alicyclic amines) is 1. The van der Waals surface area contributed by atoms with Gasteiger partial charge in [-0.25, -0.2) is 9.59 Å². The van der Waals surface area contributed by atoms with Crippen LogP contribution < -0.4 is 10.5 Å². The molecule has 4 aliphatic heterocycles. The Kier molecular flexibility index (Phi) is 4.86. The van der Waals surface area contributed by atoms with E-state index in [0.717, 1.165) is 63.3 Å². The van der Waals surface area contributed by atoms with Crippen molar-refractivity contribution in [3.8, 4) is 5.75 Å². The number of aromatic nitrogens is 2. The highest BCUT2D eigenvalue weighted by atomic mass is 16.6. The number of hydrogen-bond donors (Lipinski definition) is 1. The Morgan fingerprint density at radius 1 is 1.13 bits per heavy atom. The molecule has 0 spiro atoms. The zero-order valence-corrected chi connectivity index (χ0v) is 17.1. The molecule has 6 rings (SSSR count). The highest BCUT2D eigenvalue weighted by Gasteiger charge is 2.37. The molecule has 2 aromatic rings. The number of carbonyl (C=O) groups is 2. The van der Waals surface area contributed by atoms with Crippen molar-refractivity contribution in [2.75, 3.05) is 39.8 Å². The van der Waals surface area contributed by atoms with Crippen molar-refractivity contribution in [3.63, 3.8) is 0 Å². The van der Waals surface area contributed by atoms with Crippen molar-refractivity contribution in [2.24, 2.45) is 11.7 Å². The number of nitrogens with zero attached hydrogens (tertiary/aromatic N) is 4. The van der Waals surface area contributed by atoms with E-state index >= 15 is 0 Å². The van der Waals surface area contributed by atoms with Gasteiger partial charge in [0.25, 0.3) is 0 Å². The van der Waals surface area contributed by atoms with E-state index in [4.69, 9.17) is 10.5 Å². The summed E-state index contributed by atoms with van der Waals surface area (Å²) in [5, 5.41) is 5.26. The van der Waals surface area contributed by atoms with Crippen LogP contribution in [0.2, 0.25) is 0 Å². The van der Waals surface area contributed by atoms with E-state index in [1.165, 1.54) is 0 Å². The second-order valence-electron chi connectivity index (χ2n) is 8.68. The molecule has 4 aliphatic rings. The Balaban J connectivity index is 1.53. The second kappa shape index (κ2) is 7.55. The van der Waals surface area contributed by atoms with Gasteiger partial charge in [-0.3, -0.25) is 4.68 Å². The summed E-state index contributed by atoms with van der Waals surface area (Å²) in [6, 6.07) is 5.81. The lowest BCUT2D eigenvalue weighted by Crippen LogP contribution is -2.48. The summed E-state index contributed by atoms with van der Waals surface area (Å²) in [4.78, 5) is 28.3. The van der Waals surface area contributed by atoms with E-state index in [2.05, 4.69) is 26.7 Å². The molecule has 1 amide bonds. The molecule has 2 N–H and O–H groups in total. The first kappa shape index (κ1) is 19.3. The first-order chi connectivity index (χ1) is 14.5. The second-order valence-corrected chi connectivity index (χ2v) is 8.68. The third-order valence-electron chi connectivity index (χ3n) is 6.65. The summed E-state index contributed by atoms with van der Waals surface area (Å²) in [5.74, 6) is 0.463. The SMILES string of the molecule is CN1CCC(Oc2ccc3c(C(=O)OC(N)=O)nn([C@@H]4CN5CCC4CC5)c3c2)C1. The third kappa shape index (κ3) is 3.52. The van der Waals surface area contributed by atoms with Crippen LogP contribution in [0.1, 0.15) is 35.8 Å². The highest BCUT2D eigenvalue weighted by Crippen LogP contribution is 2.38. The largest absolute Gasteiger partial charge is 0.489 e. The molecule has 30 heavy (non-hydrogen) atoms. The molecule has 0 saturated carbocycles. The standard InChI is InChI=1S/C21H27N5O4/c1-24-7-6-15(11-24)29-14-2-3-16-17(10-14)26(23-19(16)20(27)30-21(22)28)18-12-25-8-4-13(18)5-9-25/h2-3,10,13,15,18H,4-9,11-12H2,1H3,(H2,22,28)/t15?,18-/m1/s1. The van der Waals surface area contributed by atoms with Gasteiger partial charge >= 0.3 is 12.1 Å². The van der Waals surface area contributed by atoms with Gasteiger partial charge in [0.15, 0.2) is 5.69 Å². The van der Waals surface area contributed by atoms with Gasteiger partial charge < -0.3 is 25.0 Å². The highest BCUT2D eigenvalue weighted by molar-refractivity contribution is 6.05. The van der Waals surface area contributed by atoms with E-state index < -0.39 is 12.1 Å². The fourth-order valence-corrected chi connectivity index (χ4v) is 5.13. The van der Waals surface area contributed by atoms with Gasteiger partial charge in [-0.1, -0.05) is 0 Å². The molecule has 4 saturated heterocycles. The van der Waals surface area contributed by atoms with E-state index in [0.29, 0.717) is 11.3 Å². The molecule has 1 unspecified atom stereocenters. The van der Waals surface area contributed by atoms with Crippen LogP contribution in [-0.2, 0) is 4.74 Å². The molecule has 9 heteroatoms. The maximum Gasteiger partial charge on any atom is 0.412 e. The minimum absolute atomic E-state index is 0.118. The Bertz CT molecular complexity index is 981. The van der Waals surface area contributed by atoms with Crippen LogP contribution >= 0.6 is 0 Å². The number of carbonyl (C=O) groups excluding carboxylic acids is 2. The van der Waals surface area contributed by atoms with Crippen LogP contribution in [0.4, 0.5) is 4.79 Å². The van der Waals surface area contributed by atoms with Gasteiger partial charge in [0.2, 0.25) is 0 Å². The number of amides is 1. The van der Waals surface area contributed by atoms with Crippen LogP contribution in [0, 0.1) is 5.92 Å². The smallest absolute Gasteiger partial charge is 0.412 e. The molecule has 9 nitrogen and oxygen atoms in total. The molecule has 2 atom stereocenters. The molecule has 1 aromatic heterocycles. The summed E-state index contributed by atoms with van der Waals surface area (Å²) in [7, 11) is 2.09. The van der Waals surface area contributed by atoms with Crippen LogP contribution in [0.25, 0.3) is 10.9 Å². The number of fused-ring (bicyclic) bond motifs is 4. The van der Waals surface area contributed by atoms with Crippen LogP contribution in [0.15, 0.2) is 18.2 Å². The molecule has 1 aromatic carbocycles. The number of benzene rings is 1. The number of nitrogens with two attached hydrogens (primary N) is 1. The molecule has 5 heterocycles. The van der Waals surface area contributed by atoms with Gasteiger partial charge in [0.05, 0.1) is 11.6 Å². The van der Waals surface area contributed by atoms with Gasteiger partial charge in [0.1, 0.15) is 11.9 Å². The monoisotopic (exact) mass is 413 g/mol. The van der Waals surface area contributed by atoms with Crippen molar-refractivity contribution in [1.29, 1.82) is 0 Å². The van der Waals surface area contributed by atoms with Crippen molar-refractivity contribution in [2.45, 2.75) is 31.4 Å². The van der Waals surface area contributed by atoms with E-state index in [1.807, 2.05) is 22.9 Å². The van der Waals surface area contributed by atoms with Crippen molar-refractivity contribution in [3.05, 3.63) is 23.9 Å². The van der Waals surface area contributed by atoms with E-state index in [9.17, 15) is 9.59 Å². The topological polar surface area (TPSA) is 103 Å². The van der Waals surface area contributed by atoms with Gasteiger partial charge in [-0.15, -0.1) is 0 Å². The zero-order valence-electron chi connectivity index (χ0n) is 17.1. The van der Waals surface area contributed by atoms with Crippen molar-refractivity contribution in [1.82, 2.24) is 19.6 Å². The summed E-state index contributed by atoms with van der Waals surface area (Å²) in [6.07, 6.45) is 2.26. The fourth-order valence-electron chi connectivity index (χ4n) is 5.13. The van der Waals surface area contributed by atoms with E-state index in [1.54, 1.807) is 0 Å². The molecule has 0 aliphatic carbocycles. The summed E-state index contributed by atoms with van der Waals surface area (Å²) in [6.45, 7) is 5.05. The molecular formula is C21H27N5O4. The van der Waals surface area contributed by atoms with Crippen molar-refractivity contribution < 1.29 is 19.1 Å². The summed E-state index contributed by atoms with van der Waals surface area (Å²) in [5.41, 5.74) is 6.00. The maximum absolute atomic E-state index is 12.5. The average molecular weight is 413 g/mol. The maximum atomic E-state index is 12.5. The van der Waals surface area contributed by atoms with Gasteiger partial charge in [0, 0.05) is 31.1 Å². The minimum atomic E-state index is -1.13. The Hall–Kier alpha value is -2.65. The lowest BCUT2D eigenvalue weighted by molar-refractivity contribution is 0.0518. The summed E-state index contributed by atoms with van der Waals surface area (Å²) >= 11 is 0. The fraction of sp³-hybridized carbons (Fsp3) is 0.571. The average Bonchev–Trinajstić information content (AvgIpc) is 3.31. The number of rotatable bonds is 4. The van der Waals surface area contributed by atoms with Gasteiger partial charge in [-0.2, -0.15) is 5.10 Å². The van der Waals surface area contributed by atoms with Gasteiger partial charge in [-0.05, 0) is 57.5 Å². The lowest BCUT2D eigenvalue weighted by atomic mass is 9.84. The van der Waals surface area contributed by atoms with Crippen molar-refractivity contribution >= 4 is 23.0 Å². The molecule has 4 fully saturated rings. The molecule has 160 valence electrons. The Morgan fingerprint density at radius 2 is 1.93 bits per heavy atom. The van der Waals surface area contributed by atoms with E-state index in [-0.39, 0.29) is 17.8 Å². The predicted molar refractivity (Wildman–Crippen MR) is 109 cm³/mol. The number of hydrogen-bond acceptors (Lipinski definition) is 7. The molecule has 2 bridgehead atoms. The lowest BCUT2D eigenvalue weighted by Gasteiger charge is -2.44. The van der Waals surface area contributed by atoms with Crippen LogP contribution in [-0.4, -0.2) is 77.5 Å². The molecule has 0 radical (unpaired) electrons. The normalized spacial score (nSPS) is 28.7. The summed E-state index contributed by atoms with van der Waals surface area (Å²) < 4.78 is 12.8. The Labute approximate surface area is 174 Å². The number of likely N-dealkylation sites (N-methyl/N-ethyl adjacent to an activating group) is 1. The third-order valence-corrected chi connectivity index (χ3v) is 6.65. The predicted octanol–water partition coefficient (Wildman–Crippen LogP) is 1.62. The molecular weight excluding hydrogens is 386 g/mol. The zero-order chi connectivity index (χ0) is 20.8. The minimum Gasteiger partial charge on any atom is -0.489 e. The number of esters is 1. The van der Waals surface area contributed by atoms with Crippen LogP contribution in [0.5, 0.6) is 5.75 Å². The number of ether oxygens (including phenoxy) is 2. The quantitative estimate of drug-likeness (QED) is 0.600. The number of primary amides is 1.